The van der Waals surface area contributed by atoms with Gasteiger partial charge in [-0.05, 0) is 38.0 Å². The minimum atomic E-state index is 0.00262. The van der Waals surface area contributed by atoms with Gasteiger partial charge in [0.2, 0.25) is 5.91 Å². The molecule has 21 heavy (non-hydrogen) atoms. The van der Waals surface area contributed by atoms with Gasteiger partial charge in [-0.3, -0.25) is 9.78 Å². The summed E-state index contributed by atoms with van der Waals surface area (Å²) in [5.41, 5.74) is 4.04. The molecule has 0 spiro atoms. The average Bonchev–Trinajstić information content (AvgIpc) is 2.43. The van der Waals surface area contributed by atoms with Crippen LogP contribution in [0, 0.1) is 13.8 Å². The van der Waals surface area contributed by atoms with Crippen molar-refractivity contribution in [1.82, 2.24) is 10.3 Å². The van der Waals surface area contributed by atoms with Gasteiger partial charge in [0.1, 0.15) is 0 Å². The van der Waals surface area contributed by atoms with E-state index in [0.717, 1.165) is 27.7 Å². The highest BCUT2D eigenvalue weighted by Crippen LogP contribution is 2.22. The van der Waals surface area contributed by atoms with Crippen LogP contribution in [0.2, 0.25) is 0 Å². The van der Waals surface area contributed by atoms with Crippen LogP contribution < -0.4 is 5.32 Å². The molecule has 0 saturated heterocycles. The monoisotopic (exact) mass is 286 g/mol. The first-order chi connectivity index (χ1) is 10.0. The van der Waals surface area contributed by atoms with Crippen LogP contribution in [0.3, 0.4) is 0 Å². The molecule has 1 N–H and O–H groups in total. The van der Waals surface area contributed by atoms with Gasteiger partial charge in [0.15, 0.2) is 0 Å². The summed E-state index contributed by atoms with van der Waals surface area (Å²) in [4.78, 5) is 16.7. The second-order valence-corrected chi connectivity index (χ2v) is 5.42. The molecule has 4 heteroatoms. The maximum atomic E-state index is 12.1. The van der Waals surface area contributed by atoms with Crippen LogP contribution in [0.1, 0.15) is 23.7 Å². The highest BCUT2D eigenvalue weighted by Gasteiger charge is 2.14. The fourth-order valence-corrected chi connectivity index (χ4v) is 2.61. The number of carbonyl (C=O) groups excluding carboxylic acids is 1. The van der Waals surface area contributed by atoms with E-state index in [2.05, 4.69) is 17.2 Å². The summed E-state index contributed by atoms with van der Waals surface area (Å²) in [5.74, 6) is 0.00262. The van der Waals surface area contributed by atoms with E-state index in [1.807, 2.05) is 38.1 Å². The fraction of sp³-hybridized carbons (Fsp3) is 0.412. The Morgan fingerprint density at radius 1 is 1.33 bits per heavy atom. The molecular weight excluding hydrogens is 264 g/mol. The van der Waals surface area contributed by atoms with Gasteiger partial charge in [0.25, 0.3) is 0 Å². The molecule has 1 amide bonds. The number of methoxy groups -OCH3 is 1. The largest absolute Gasteiger partial charge is 0.383 e. The number of para-hydroxylation sites is 1. The predicted molar refractivity (Wildman–Crippen MR) is 84.4 cm³/mol. The number of amides is 1. The van der Waals surface area contributed by atoms with Gasteiger partial charge in [-0.15, -0.1) is 0 Å². The van der Waals surface area contributed by atoms with Crippen molar-refractivity contribution in [3.05, 3.63) is 41.1 Å². The Labute approximate surface area is 125 Å². The van der Waals surface area contributed by atoms with Crippen molar-refractivity contribution in [3.8, 4) is 0 Å². The first kappa shape index (κ1) is 15.4. The van der Waals surface area contributed by atoms with Crippen molar-refractivity contribution in [2.45, 2.75) is 33.2 Å². The first-order valence-electron chi connectivity index (χ1n) is 7.16. The number of hydrogen-bond donors (Lipinski definition) is 1. The SMILES string of the molecule is COC[C@H](C)NC(=O)Cc1c(C)nc2ccccc2c1C. The van der Waals surface area contributed by atoms with Crippen molar-refractivity contribution in [1.29, 1.82) is 0 Å². The predicted octanol–water partition coefficient (Wildman–Crippen LogP) is 2.55. The summed E-state index contributed by atoms with van der Waals surface area (Å²) in [6.07, 6.45) is 0.351. The summed E-state index contributed by atoms with van der Waals surface area (Å²) in [6.45, 7) is 6.46. The van der Waals surface area contributed by atoms with E-state index in [0.29, 0.717) is 13.0 Å². The molecule has 0 aliphatic heterocycles. The second-order valence-electron chi connectivity index (χ2n) is 5.42. The number of hydrogen-bond acceptors (Lipinski definition) is 3. The molecule has 112 valence electrons. The van der Waals surface area contributed by atoms with Gasteiger partial charge in [-0.1, -0.05) is 18.2 Å². The quantitative estimate of drug-likeness (QED) is 0.919. The van der Waals surface area contributed by atoms with Crippen molar-refractivity contribution >= 4 is 16.8 Å². The van der Waals surface area contributed by atoms with Gasteiger partial charge >= 0.3 is 0 Å². The summed E-state index contributed by atoms with van der Waals surface area (Å²) in [7, 11) is 1.63. The maximum Gasteiger partial charge on any atom is 0.224 e. The van der Waals surface area contributed by atoms with Crippen molar-refractivity contribution < 1.29 is 9.53 Å². The van der Waals surface area contributed by atoms with Gasteiger partial charge < -0.3 is 10.1 Å². The van der Waals surface area contributed by atoms with E-state index in [4.69, 9.17) is 4.74 Å². The molecule has 1 atom stereocenters. The lowest BCUT2D eigenvalue weighted by Gasteiger charge is -2.15. The number of fused-ring (bicyclic) bond motifs is 1. The summed E-state index contributed by atoms with van der Waals surface area (Å²) in [6, 6.07) is 8.03. The van der Waals surface area contributed by atoms with Crippen LogP contribution in [-0.2, 0) is 16.0 Å². The van der Waals surface area contributed by atoms with Crippen molar-refractivity contribution in [2.24, 2.45) is 0 Å². The van der Waals surface area contributed by atoms with Crippen LogP contribution in [0.25, 0.3) is 10.9 Å². The number of aryl methyl sites for hydroxylation is 2. The van der Waals surface area contributed by atoms with E-state index < -0.39 is 0 Å². The lowest BCUT2D eigenvalue weighted by atomic mass is 9.99. The molecule has 2 aromatic rings. The zero-order chi connectivity index (χ0) is 15.4. The van der Waals surface area contributed by atoms with E-state index in [1.54, 1.807) is 7.11 Å². The third kappa shape index (κ3) is 3.58. The zero-order valence-corrected chi connectivity index (χ0v) is 13.1. The number of ether oxygens (including phenoxy) is 1. The number of pyridine rings is 1. The average molecular weight is 286 g/mol. The van der Waals surface area contributed by atoms with Crippen LogP contribution >= 0.6 is 0 Å². The molecule has 0 radical (unpaired) electrons. The molecule has 0 aliphatic rings. The molecule has 0 bridgehead atoms. The lowest BCUT2D eigenvalue weighted by Crippen LogP contribution is -2.36. The number of rotatable bonds is 5. The smallest absolute Gasteiger partial charge is 0.224 e. The molecule has 0 unspecified atom stereocenters. The molecule has 1 heterocycles. The van der Waals surface area contributed by atoms with Gasteiger partial charge in [-0.25, -0.2) is 0 Å². The van der Waals surface area contributed by atoms with Crippen molar-refractivity contribution in [3.63, 3.8) is 0 Å². The summed E-state index contributed by atoms with van der Waals surface area (Å²) < 4.78 is 5.03. The molecule has 0 aliphatic carbocycles. The molecule has 1 aromatic heterocycles. The number of nitrogens with zero attached hydrogens (tertiary/aromatic N) is 1. The maximum absolute atomic E-state index is 12.1. The molecular formula is C17H22N2O2. The molecule has 4 nitrogen and oxygen atoms in total. The van der Waals surface area contributed by atoms with Gasteiger partial charge in [0, 0.05) is 24.2 Å². The van der Waals surface area contributed by atoms with Crippen LogP contribution in [0.4, 0.5) is 0 Å². The Hall–Kier alpha value is -1.94. The standard InChI is InChI=1S/C17H22N2O2/c1-11(10-21-4)18-17(20)9-15-12(2)14-7-5-6-8-16(14)19-13(15)3/h5-8,11H,9-10H2,1-4H3,(H,18,20)/t11-/m0/s1. The summed E-state index contributed by atoms with van der Waals surface area (Å²) in [5, 5.41) is 4.05. The fourth-order valence-electron chi connectivity index (χ4n) is 2.61. The molecule has 2 rings (SSSR count). The Bertz CT molecular complexity index is 653. The van der Waals surface area contributed by atoms with E-state index in [9.17, 15) is 4.79 Å². The Kier molecular flexibility index (Phi) is 4.91. The molecule has 0 saturated carbocycles. The van der Waals surface area contributed by atoms with E-state index in [1.165, 1.54) is 0 Å². The van der Waals surface area contributed by atoms with Crippen LogP contribution in [-0.4, -0.2) is 30.6 Å². The third-order valence-electron chi connectivity index (χ3n) is 3.65. The van der Waals surface area contributed by atoms with Gasteiger partial charge in [0.05, 0.1) is 18.5 Å². The Morgan fingerprint density at radius 2 is 2.05 bits per heavy atom. The van der Waals surface area contributed by atoms with E-state index in [-0.39, 0.29) is 11.9 Å². The Morgan fingerprint density at radius 3 is 2.76 bits per heavy atom. The molecule has 0 fully saturated rings. The highest BCUT2D eigenvalue weighted by molar-refractivity contribution is 5.86. The second kappa shape index (κ2) is 6.68. The Balaban J connectivity index is 2.24. The third-order valence-corrected chi connectivity index (χ3v) is 3.65. The normalized spacial score (nSPS) is 12.4. The highest BCUT2D eigenvalue weighted by atomic mass is 16.5. The summed E-state index contributed by atoms with van der Waals surface area (Å²) >= 11 is 0. The number of aromatic nitrogens is 1. The lowest BCUT2D eigenvalue weighted by molar-refractivity contribution is -0.121. The number of carbonyl (C=O) groups is 1. The van der Waals surface area contributed by atoms with E-state index >= 15 is 0 Å². The zero-order valence-electron chi connectivity index (χ0n) is 13.1. The number of benzene rings is 1. The van der Waals surface area contributed by atoms with Crippen molar-refractivity contribution in [2.75, 3.05) is 13.7 Å². The number of nitrogens with one attached hydrogen (secondary N) is 1. The molecule has 1 aromatic carbocycles. The van der Waals surface area contributed by atoms with Gasteiger partial charge in [-0.2, -0.15) is 0 Å². The first-order valence-corrected chi connectivity index (χ1v) is 7.16. The topological polar surface area (TPSA) is 51.2 Å². The minimum absolute atomic E-state index is 0.00262. The van der Waals surface area contributed by atoms with Crippen LogP contribution in [0.5, 0.6) is 0 Å². The van der Waals surface area contributed by atoms with Crippen LogP contribution in [0.15, 0.2) is 24.3 Å². The minimum Gasteiger partial charge on any atom is -0.383 e.